The lowest BCUT2D eigenvalue weighted by Gasteiger charge is -2.19. The third-order valence-corrected chi connectivity index (χ3v) is 3.43. The van der Waals surface area contributed by atoms with Crippen LogP contribution in [0.2, 0.25) is 5.15 Å². The van der Waals surface area contributed by atoms with Crippen LogP contribution in [0, 0.1) is 19.7 Å². The number of aryl methyl sites for hydroxylation is 1. The van der Waals surface area contributed by atoms with Crippen LogP contribution < -0.4 is 5.32 Å². The number of rotatable bonds is 2. The van der Waals surface area contributed by atoms with Crippen LogP contribution in [0.25, 0.3) is 0 Å². The molecule has 0 aliphatic heterocycles. The van der Waals surface area contributed by atoms with Gasteiger partial charge in [-0.3, -0.25) is 0 Å². The fraction of sp³-hybridized carbons (Fsp3) is 0.375. The van der Waals surface area contributed by atoms with Crippen LogP contribution in [0.5, 0.6) is 0 Å². The third kappa shape index (κ3) is 3.70. The summed E-state index contributed by atoms with van der Waals surface area (Å²) in [5.41, 5.74) is 2.01. The van der Waals surface area contributed by atoms with Crippen LogP contribution in [-0.2, 0) is 5.41 Å². The SMILES string of the molecule is Cc1cc(F)cc(Nc2nc(C(C)(C)C)nc(Cl)c2C)c1. The Labute approximate surface area is 129 Å². The molecule has 3 nitrogen and oxygen atoms in total. The van der Waals surface area contributed by atoms with Crippen molar-refractivity contribution < 1.29 is 4.39 Å². The molecule has 112 valence electrons. The molecule has 0 saturated carbocycles. The predicted molar refractivity (Wildman–Crippen MR) is 84.9 cm³/mol. The van der Waals surface area contributed by atoms with Crippen molar-refractivity contribution in [2.45, 2.75) is 40.0 Å². The fourth-order valence-electron chi connectivity index (χ4n) is 1.89. The number of halogens is 2. The standard InChI is InChI=1S/C16H19ClFN3/c1-9-6-11(18)8-12(7-9)19-14-10(2)13(17)20-15(21-14)16(3,4)5/h6-8H,1-5H3,(H,19,20,21). The zero-order valence-corrected chi connectivity index (χ0v) is 13.6. The Balaban J connectivity index is 2.46. The van der Waals surface area contributed by atoms with Crippen molar-refractivity contribution in [3.8, 4) is 0 Å². The van der Waals surface area contributed by atoms with Gasteiger partial charge in [0.25, 0.3) is 0 Å². The number of anilines is 2. The van der Waals surface area contributed by atoms with E-state index in [-0.39, 0.29) is 11.2 Å². The molecule has 21 heavy (non-hydrogen) atoms. The van der Waals surface area contributed by atoms with Gasteiger partial charge in [-0.2, -0.15) is 0 Å². The van der Waals surface area contributed by atoms with Crippen molar-refractivity contribution >= 4 is 23.1 Å². The highest BCUT2D eigenvalue weighted by molar-refractivity contribution is 6.30. The zero-order chi connectivity index (χ0) is 15.8. The minimum absolute atomic E-state index is 0.217. The monoisotopic (exact) mass is 307 g/mol. The second kappa shape index (κ2) is 5.60. The smallest absolute Gasteiger partial charge is 0.138 e. The lowest BCUT2D eigenvalue weighted by molar-refractivity contribution is 0.545. The molecule has 0 aliphatic rings. The van der Waals surface area contributed by atoms with Gasteiger partial charge in [0, 0.05) is 16.7 Å². The molecule has 5 heteroatoms. The number of hydrogen-bond acceptors (Lipinski definition) is 3. The fourth-order valence-corrected chi connectivity index (χ4v) is 2.06. The molecular formula is C16H19ClFN3. The highest BCUT2D eigenvalue weighted by atomic mass is 35.5. The molecule has 2 aromatic rings. The number of benzene rings is 1. The summed E-state index contributed by atoms with van der Waals surface area (Å²) < 4.78 is 13.5. The van der Waals surface area contributed by atoms with Crippen molar-refractivity contribution in [2.24, 2.45) is 0 Å². The molecule has 0 aliphatic carbocycles. The van der Waals surface area contributed by atoms with Gasteiger partial charge >= 0.3 is 0 Å². The quantitative estimate of drug-likeness (QED) is 0.800. The normalized spacial score (nSPS) is 11.6. The first-order valence-electron chi connectivity index (χ1n) is 6.75. The van der Waals surface area contributed by atoms with E-state index in [1.807, 2.05) is 40.7 Å². The molecule has 0 bridgehead atoms. The number of nitrogens with one attached hydrogen (secondary N) is 1. The summed E-state index contributed by atoms with van der Waals surface area (Å²) in [6.45, 7) is 9.73. The first kappa shape index (κ1) is 15.7. The average molecular weight is 308 g/mol. The zero-order valence-electron chi connectivity index (χ0n) is 12.9. The molecule has 1 aromatic carbocycles. The summed E-state index contributed by atoms with van der Waals surface area (Å²) >= 11 is 6.19. The van der Waals surface area contributed by atoms with Crippen LogP contribution >= 0.6 is 11.6 Å². The summed E-state index contributed by atoms with van der Waals surface area (Å²) in [4.78, 5) is 8.85. The highest BCUT2D eigenvalue weighted by Crippen LogP contribution is 2.28. The maximum atomic E-state index is 13.5. The largest absolute Gasteiger partial charge is 0.340 e. The van der Waals surface area contributed by atoms with Gasteiger partial charge < -0.3 is 5.32 Å². The van der Waals surface area contributed by atoms with E-state index in [9.17, 15) is 4.39 Å². The van der Waals surface area contributed by atoms with E-state index in [1.165, 1.54) is 12.1 Å². The van der Waals surface area contributed by atoms with Crippen LogP contribution in [0.15, 0.2) is 18.2 Å². The molecule has 0 spiro atoms. The van der Waals surface area contributed by atoms with Crippen molar-refractivity contribution in [2.75, 3.05) is 5.32 Å². The van der Waals surface area contributed by atoms with Gasteiger partial charge in [-0.1, -0.05) is 32.4 Å². The maximum Gasteiger partial charge on any atom is 0.138 e. The first-order chi connectivity index (χ1) is 9.66. The molecule has 1 N–H and O–H groups in total. The van der Waals surface area contributed by atoms with Crippen molar-refractivity contribution in [3.05, 3.63) is 46.1 Å². The van der Waals surface area contributed by atoms with E-state index in [4.69, 9.17) is 11.6 Å². The first-order valence-corrected chi connectivity index (χ1v) is 7.13. The Morgan fingerprint density at radius 3 is 2.33 bits per heavy atom. The molecule has 2 rings (SSSR count). The van der Waals surface area contributed by atoms with Gasteiger partial charge in [0.05, 0.1) is 0 Å². The second-order valence-electron chi connectivity index (χ2n) is 6.20. The number of nitrogens with zero attached hydrogens (tertiary/aromatic N) is 2. The van der Waals surface area contributed by atoms with Crippen molar-refractivity contribution in [1.29, 1.82) is 0 Å². The van der Waals surface area contributed by atoms with Gasteiger partial charge in [0.15, 0.2) is 0 Å². The van der Waals surface area contributed by atoms with Gasteiger partial charge in [-0.25, -0.2) is 14.4 Å². The molecule has 0 unspecified atom stereocenters. The van der Waals surface area contributed by atoms with Crippen molar-refractivity contribution in [3.63, 3.8) is 0 Å². The Morgan fingerprint density at radius 1 is 1.10 bits per heavy atom. The van der Waals surface area contributed by atoms with Gasteiger partial charge in [0.1, 0.15) is 22.6 Å². The van der Waals surface area contributed by atoms with Gasteiger partial charge in [0.2, 0.25) is 0 Å². The highest BCUT2D eigenvalue weighted by Gasteiger charge is 2.20. The van der Waals surface area contributed by atoms with Crippen LogP contribution in [-0.4, -0.2) is 9.97 Å². The van der Waals surface area contributed by atoms with E-state index in [0.29, 0.717) is 22.5 Å². The Kier molecular flexibility index (Phi) is 4.19. The second-order valence-corrected chi connectivity index (χ2v) is 6.56. The molecule has 0 saturated heterocycles. The minimum Gasteiger partial charge on any atom is -0.340 e. The summed E-state index contributed by atoms with van der Waals surface area (Å²) in [5.74, 6) is 0.963. The van der Waals surface area contributed by atoms with E-state index < -0.39 is 0 Å². The summed E-state index contributed by atoms with van der Waals surface area (Å²) in [6, 6.07) is 4.76. The van der Waals surface area contributed by atoms with Crippen LogP contribution in [0.4, 0.5) is 15.9 Å². The molecule has 1 heterocycles. The Hall–Kier alpha value is -1.68. The van der Waals surface area contributed by atoms with E-state index in [0.717, 1.165) is 11.1 Å². The molecule has 0 fully saturated rings. The van der Waals surface area contributed by atoms with Crippen LogP contribution in [0.1, 0.15) is 37.7 Å². The molecule has 0 amide bonds. The molecular weight excluding hydrogens is 289 g/mol. The average Bonchev–Trinajstić information content (AvgIpc) is 2.32. The summed E-state index contributed by atoms with van der Waals surface area (Å²) in [6.07, 6.45) is 0. The van der Waals surface area contributed by atoms with E-state index in [1.54, 1.807) is 0 Å². The summed E-state index contributed by atoms with van der Waals surface area (Å²) in [7, 11) is 0. The van der Waals surface area contributed by atoms with Gasteiger partial charge in [-0.15, -0.1) is 0 Å². The minimum atomic E-state index is -0.286. The predicted octanol–water partition coefficient (Wildman–Crippen LogP) is 4.93. The molecule has 0 atom stereocenters. The maximum absolute atomic E-state index is 13.5. The lowest BCUT2D eigenvalue weighted by atomic mass is 9.95. The Bertz CT molecular complexity index is 658. The molecule has 1 aromatic heterocycles. The lowest BCUT2D eigenvalue weighted by Crippen LogP contribution is -2.17. The topological polar surface area (TPSA) is 37.8 Å². The molecule has 0 radical (unpaired) electrons. The number of aromatic nitrogens is 2. The van der Waals surface area contributed by atoms with E-state index >= 15 is 0 Å². The summed E-state index contributed by atoms with van der Waals surface area (Å²) in [5, 5.41) is 3.54. The third-order valence-electron chi connectivity index (χ3n) is 3.06. The number of hydrogen-bond donors (Lipinski definition) is 1. The van der Waals surface area contributed by atoms with Crippen LogP contribution in [0.3, 0.4) is 0 Å². The van der Waals surface area contributed by atoms with Crippen molar-refractivity contribution in [1.82, 2.24) is 9.97 Å². The Morgan fingerprint density at radius 2 is 1.76 bits per heavy atom. The van der Waals surface area contributed by atoms with E-state index in [2.05, 4.69) is 15.3 Å². The van der Waals surface area contributed by atoms with Gasteiger partial charge in [-0.05, 0) is 37.6 Å².